The number of ketones is 1. The molecular weight excluding hydrogens is 196 g/mol. The number of hydrogen-bond donors (Lipinski definition) is 0. The van der Waals surface area contributed by atoms with Gasteiger partial charge >= 0.3 is 0 Å². The monoisotopic (exact) mass is 216 g/mol. The predicted molar refractivity (Wildman–Crippen MR) is 67.0 cm³/mol. The van der Waals surface area contributed by atoms with Gasteiger partial charge in [-0.25, -0.2) is 0 Å². The van der Waals surface area contributed by atoms with Gasteiger partial charge in [0.2, 0.25) is 0 Å². The van der Waals surface area contributed by atoms with Crippen LogP contribution in [0.1, 0.15) is 61.5 Å². The summed E-state index contributed by atoms with van der Waals surface area (Å²) < 4.78 is 0. The molecule has 0 saturated carbocycles. The first-order valence-electron chi connectivity index (χ1n) is 6.07. The predicted octanol–water partition coefficient (Wildman–Crippen LogP) is 3.97. The van der Waals surface area contributed by atoms with Gasteiger partial charge in [0, 0.05) is 11.0 Å². The number of fused-ring (bicyclic) bond motifs is 1. The van der Waals surface area contributed by atoms with Crippen molar-refractivity contribution in [2.24, 2.45) is 5.41 Å². The Morgan fingerprint density at radius 3 is 2.62 bits per heavy atom. The molecule has 0 bridgehead atoms. The summed E-state index contributed by atoms with van der Waals surface area (Å²) in [7, 11) is 0. The lowest BCUT2D eigenvalue weighted by Crippen LogP contribution is -2.20. The Balaban J connectivity index is 2.39. The van der Waals surface area contributed by atoms with Gasteiger partial charge in [-0.05, 0) is 36.0 Å². The number of hydrogen-bond acceptors (Lipinski definition) is 1. The van der Waals surface area contributed by atoms with Gasteiger partial charge < -0.3 is 0 Å². The average Bonchev–Trinajstić information content (AvgIpc) is 2.58. The molecular formula is C15H20O. The molecule has 1 aromatic carbocycles. The molecule has 0 aromatic heterocycles. The van der Waals surface area contributed by atoms with E-state index in [1.54, 1.807) is 0 Å². The Morgan fingerprint density at radius 1 is 1.31 bits per heavy atom. The van der Waals surface area contributed by atoms with E-state index in [1.165, 1.54) is 24.0 Å². The van der Waals surface area contributed by atoms with Crippen LogP contribution in [0.2, 0.25) is 0 Å². The van der Waals surface area contributed by atoms with E-state index in [1.807, 2.05) is 26.8 Å². The van der Waals surface area contributed by atoms with Crippen molar-refractivity contribution in [1.29, 1.82) is 0 Å². The topological polar surface area (TPSA) is 17.1 Å². The number of carbonyl (C=O) groups is 1. The highest BCUT2D eigenvalue weighted by Gasteiger charge is 2.25. The van der Waals surface area contributed by atoms with Gasteiger partial charge in [-0.15, -0.1) is 0 Å². The number of carbonyl (C=O) groups excluding carboxylic acids is 1. The van der Waals surface area contributed by atoms with Crippen molar-refractivity contribution < 1.29 is 4.79 Å². The molecule has 0 spiro atoms. The van der Waals surface area contributed by atoms with Crippen LogP contribution in [0, 0.1) is 5.41 Å². The second kappa shape index (κ2) is 3.73. The first-order chi connectivity index (χ1) is 7.39. The van der Waals surface area contributed by atoms with Crippen LogP contribution in [0.4, 0.5) is 0 Å². The normalized spacial score (nSPS) is 19.6. The Bertz CT molecular complexity index is 424. The molecule has 0 saturated heterocycles. The molecule has 1 aliphatic rings. The van der Waals surface area contributed by atoms with Gasteiger partial charge in [-0.3, -0.25) is 4.79 Å². The zero-order valence-corrected chi connectivity index (χ0v) is 10.6. The lowest BCUT2D eigenvalue weighted by molar-refractivity contribution is 0.0858. The highest BCUT2D eigenvalue weighted by molar-refractivity contribution is 6.00. The molecule has 1 heteroatoms. The van der Waals surface area contributed by atoms with Crippen LogP contribution >= 0.6 is 0 Å². The molecule has 0 aliphatic heterocycles. The number of rotatable bonds is 1. The minimum absolute atomic E-state index is 0.245. The zero-order valence-electron chi connectivity index (χ0n) is 10.6. The van der Waals surface area contributed by atoms with Crippen LogP contribution in [0.15, 0.2) is 18.2 Å². The number of aryl methyl sites for hydroxylation is 1. The van der Waals surface area contributed by atoms with Crippen molar-refractivity contribution in [2.75, 3.05) is 0 Å². The van der Waals surface area contributed by atoms with Crippen molar-refractivity contribution >= 4 is 5.78 Å². The quantitative estimate of drug-likeness (QED) is 0.649. The third kappa shape index (κ3) is 1.91. The van der Waals surface area contributed by atoms with E-state index in [-0.39, 0.29) is 11.2 Å². The minimum atomic E-state index is -0.282. The molecule has 0 unspecified atom stereocenters. The van der Waals surface area contributed by atoms with Crippen LogP contribution in [0.25, 0.3) is 0 Å². The average molecular weight is 216 g/mol. The van der Waals surface area contributed by atoms with Crippen LogP contribution in [0.5, 0.6) is 0 Å². The fourth-order valence-electron chi connectivity index (χ4n) is 2.38. The first kappa shape index (κ1) is 11.4. The van der Waals surface area contributed by atoms with E-state index in [4.69, 9.17) is 0 Å². The SMILES string of the molecule is C[C@H]1CCc2ccc(C(=O)C(C)(C)C)cc21. The number of Topliss-reactive ketones (excluding diaryl/α,β-unsaturated/α-hetero) is 1. The summed E-state index contributed by atoms with van der Waals surface area (Å²) in [6, 6.07) is 6.24. The van der Waals surface area contributed by atoms with Gasteiger partial charge in [-0.2, -0.15) is 0 Å². The fraction of sp³-hybridized carbons (Fsp3) is 0.533. The first-order valence-corrected chi connectivity index (χ1v) is 6.07. The third-order valence-corrected chi connectivity index (χ3v) is 3.47. The van der Waals surface area contributed by atoms with E-state index in [0.717, 1.165) is 5.56 Å². The van der Waals surface area contributed by atoms with Gasteiger partial charge in [0.05, 0.1) is 0 Å². The standard InChI is InChI=1S/C15H20O/c1-10-5-6-11-7-8-12(9-13(10)11)14(16)15(2,3)4/h7-10H,5-6H2,1-4H3/t10-/m0/s1. The van der Waals surface area contributed by atoms with Gasteiger partial charge in [0.1, 0.15) is 0 Å². The maximum absolute atomic E-state index is 12.2. The summed E-state index contributed by atoms with van der Waals surface area (Å²) in [4.78, 5) is 12.2. The molecule has 0 N–H and O–H groups in total. The summed E-state index contributed by atoms with van der Waals surface area (Å²) in [5.41, 5.74) is 3.41. The molecule has 1 nitrogen and oxygen atoms in total. The van der Waals surface area contributed by atoms with Crippen molar-refractivity contribution in [3.63, 3.8) is 0 Å². The van der Waals surface area contributed by atoms with E-state index in [9.17, 15) is 4.79 Å². The summed E-state index contributed by atoms with van der Waals surface area (Å²) >= 11 is 0. The molecule has 2 rings (SSSR count). The van der Waals surface area contributed by atoms with Crippen molar-refractivity contribution in [2.45, 2.75) is 46.5 Å². The van der Waals surface area contributed by atoms with Gasteiger partial charge in [-0.1, -0.05) is 39.8 Å². The number of benzene rings is 1. The summed E-state index contributed by atoms with van der Waals surface area (Å²) in [5, 5.41) is 0. The van der Waals surface area contributed by atoms with Gasteiger partial charge in [0.15, 0.2) is 5.78 Å². The smallest absolute Gasteiger partial charge is 0.168 e. The fourth-order valence-corrected chi connectivity index (χ4v) is 2.38. The van der Waals surface area contributed by atoms with E-state index in [2.05, 4.69) is 19.1 Å². The maximum atomic E-state index is 12.2. The molecule has 0 amide bonds. The molecule has 0 heterocycles. The lowest BCUT2D eigenvalue weighted by atomic mass is 9.85. The van der Waals surface area contributed by atoms with E-state index >= 15 is 0 Å². The zero-order chi connectivity index (χ0) is 11.9. The van der Waals surface area contributed by atoms with Crippen molar-refractivity contribution in [3.05, 3.63) is 34.9 Å². The largest absolute Gasteiger partial charge is 0.294 e. The highest BCUT2D eigenvalue weighted by atomic mass is 16.1. The van der Waals surface area contributed by atoms with E-state index in [0.29, 0.717) is 5.92 Å². The Labute approximate surface area is 97.9 Å². The molecule has 1 aliphatic carbocycles. The molecule has 0 fully saturated rings. The molecule has 1 atom stereocenters. The molecule has 86 valence electrons. The van der Waals surface area contributed by atoms with Crippen LogP contribution < -0.4 is 0 Å². The molecule has 0 radical (unpaired) electrons. The summed E-state index contributed by atoms with van der Waals surface area (Å²) in [6.45, 7) is 8.18. The van der Waals surface area contributed by atoms with Gasteiger partial charge in [0.25, 0.3) is 0 Å². The molecule has 1 aromatic rings. The lowest BCUT2D eigenvalue weighted by Gasteiger charge is -2.17. The van der Waals surface area contributed by atoms with Crippen molar-refractivity contribution in [3.8, 4) is 0 Å². The highest BCUT2D eigenvalue weighted by Crippen LogP contribution is 2.34. The van der Waals surface area contributed by atoms with Crippen LogP contribution in [0.3, 0.4) is 0 Å². The Hall–Kier alpha value is -1.11. The minimum Gasteiger partial charge on any atom is -0.294 e. The molecule has 16 heavy (non-hydrogen) atoms. The van der Waals surface area contributed by atoms with E-state index < -0.39 is 0 Å². The maximum Gasteiger partial charge on any atom is 0.168 e. The summed E-state index contributed by atoms with van der Waals surface area (Å²) in [6.07, 6.45) is 2.39. The Morgan fingerprint density at radius 2 is 2.00 bits per heavy atom. The second-order valence-corrected chi connectivity index (χ2v) is 5.93. The Kier molecular flexibility index (Phi) is 2.65. The second-order valence-electron chi connectivity index (χ2n) is 5.93. The van der Waals surface area contributed by atoms with Crippen molar-refractivity contribution in [1.82, 2.24) is 0 Å². The van der Waals surface area contributed by atoms with Crippen LogP contribution in [-0.4, -0.2) is 5.78 Å². The summed E-state index contributed by atoms with van der Waals surface area (Å²) in [5.74, 6) is 0.858. The van der Waals surface area contributed by atoms with Crippen LogP contribution in [-0.2, 0) is 6.42 Å². The third-order valence-electron chi connectivity index (χ3n) is 3.47.